The topological polar surface area (TPSA) is 96.5 Å². The number of nitrogens with zero attached hydrogens (tertiary/aromatic N) is 3. The molecule has 10 heteroatoms. The molecule has 0 spiro atoms. The van der Waals surface area contributed by atoms with E-state index in [4.69, 9.17) is 4.74 Å². The van der Waals surface area contributed by atoms with Crippen LogP contribution in [0.4, 0.5) is 27.3 Å². The van der Waals surface area contributed by atoms with E-state index in [1.54, 1.807) is 30.5 Å². The van der Waals surface area contributed by atoms with Crippen molar-refractivity contribution in [3.63, 3.8) is 0 Å². The van der Waals surface area contributed by atoms with Gasteiger partial charge in [-0.15, -0.1) is 5.10 Å². The lowest BCUT2D eigenvalue weighted by Gasteiger charge is -2.13. The van der Waals surface area contributed by atoms with Crippen LogP contribution in [0.3, 0.4) is 0 Å². The highest BCUT2D eigenvalue weighted by Gasteiger charge is 2.17. The van der Waals surface area contributed by atoms with Gasteiger partial charge in [-0.25, -0.2) is 12.8 Å². The quantitative estimate of drug-likeness (QED) is 0.609. The smallest absolute Gasteiger partial charge is 0.262 e. The van der Waals surface area contributed by atoms with Gasteiger partial charge in [-0.05, 0) is 42.5 Å². The largest absolute Gasteiger partial charge is 0.494 e. The maximum absolute atomic E-state index is 13.8. The molecule has 0 amide bonds. The Bertz CT molecular complexity index is 1110. The SMILES string of the molecule is COc1ccc(S(=O)(=O)Nc2ccc(Nc3cc(N(C)C)cnn3)cc2)cc1F. The number of benzene rings is 2. The number of hydrogen-bond donors (Lipinski definition) is 2. The number of nitrogens with one attached hydrogen (secondary N) is 2. The predicted octanol–water partition coefficient (Wildman–Crippen LogP) is 3.23. The number of hydrogen-bond acceptors (Lipinski definition) is 7. The Hall–Kier alpha value is -3.40. The zero-order chi connectivity index (χ0) is 21.0. The Morgan fingerprint density at radius 1 is 1.03 bits per heavy atom. The minimum atomic E-state index is -3.94. The maximum atomic E-state index is 13.8. The van der Waals surface area contributed by atoms with Crippen molar-refractivity contribution in [1.29, 1.82) is 0 Å². The molecule has 152 valence electrons. The molecule has 29 heavy (non-hydrogen) atoms. The van der Waals surface area contributed by atoms with Crippen LogP contribution in [0.15, 0.2) is 59.6 Å². The Morgan fingerprint density at radius 2 is 1.72 bits per heavy atom. The summed E-state index contributed by atoms with van der Waals surface area (Å²) in [7, 11) is 1.17. The van der Waals surface area contributed by atoms with Gasteiger partial charge in [0, 0.05) is 31.5 Å². The van der Waals surface area contributed by atoms with Crippen LogP contribution in [-0.2, 0) is 10.0 Å². The fraction of sp³-hybridized carbons (Fsp3) is 0.158. The molecule has 0 aliphatic rings. The molecule has 0 saturated carbocycles. The lowest BCUT2D eigenvalue weighted by Crippen LogP contribution is -2.13. The summed E-state index contributed by atoms with van der Waals surface area (Å²) in [5.74, 6) is -0.227. The van der Waals surface area contributed by atoms with Crippen LogP contribution >= 0.6 is 0 Å². The van der Waals surface area contributed by atoms with Crippen molar-refractivity contribution in [2.24, 2.45) is 0 Å². The zero-order valence-electron chi connectivity index (χ0n) is 16.0. The summed E-state index contributed by atoms with van der Waals surface area (Å²) in [5.41, 5.74) is 1.92. The van der Waals surface area contributed by atoms with Crippen LogP contribution < -0.4 is 19.7 Å². The van der Waals surface area contributed by atoms with Crippen LogP contribution in [-0.4, -0.2) is 39.8 Å². The van der Waals surface area contributed by atoms with Crippen LogP contribution in [0.1, 0.15) is 0 Å². The van der Waals surface area contributed by atoms with Crippen molar-refractivity contribution in [2.45, 2.75) is 4.90 Å². The van der Waals surface area contributed by atoms with Crippen molar-refractivity contribution < 1.29 is 17.5 Å². The van der Waals surface area contributed by atoms with E-state index in [1.165, 1.54) is 19.2 Å². The molecule has 2 N–H and O–H groups in total. The fourth-order valence-corrected chi connectivity index (χ4v) is 3.53. The molecule has 0 bridgehead atoms. The third-order valence-electron chi connectivity index (χ3n) is 4.00. The van der Waals surface area contributed by atoms with Crippen LogP contribution in [0.5, 0.6) is 5.75 Å². The Morgan fingerprint density at radius 3 is 2.34 bits per heavy atom. The average Bonchev–Trinajstić information content (AvgIpc) is 2.69. The predicted molar refractivity (Wildman–Crippen MR) is 110 cm³/mol. The minimum absolute atomic E-state index is 0.0270. The van der Waals surface area contributed by atoms with E-state index in [1.807, 2.05) is 25.1 Å². The number of rotatable bonds is 7. The second-order valence-electron chi connectivity index (χ2n) is 6.30. The van der Waals surface area contributed by atoms with Crippen molar-refractivity contribution in [1.82, 2.24) is 10.2 Å². The van der Waals surface area contributed by atoms with Gasteiger partial charge in [0.25, 0.3) is 10.0 Å². The molecule has 8 nitrogen and oxygen atoms in total. The molecule has 0 unspecified atom stereocenters. The zero-order valence-corrected chi connectivity index (χ0v) is 16.9. The molecule has 0 fully saturated rings. The summed E-state index contributed by atoms with van der Waals surface area (Å²) in [6, 6.07) is 11.8. The number of sulfonamides is 1. The van der Waals surface area contributed by atoms with Gasteiger partial charge >= 0.3 is 0 Å². The first kappa shape index (κ1) is 20.3. The van der Waals surface area contributed by atoms with E-state index in [2.05, 4.69) is 20.2 Å². The Labute approximate surface area is 168 Å². The molecule has 3 rings (SSSR count). The minimum Gasteiger partial charge on any atom is -0.494 e. The highest BCUT2D eigenvalue weighted by atomic mass is 32.2. The van der Waals surface area contributed by atoms with E-state index in [0.29, 0.717) is 17.2 Å². The van der Waals surface area contributed by atoms with Crippen LogP contribution in [0.2, 0.25) is 0 Å². The Balaban J connectivity index is 1.73. The molecule has 3 aromatic rings. The molecular formula is C19H20FN5O3S. The van der Waals surface area contributed by atoms with Crippen LogP contribution in [0, 0.1) is 5.82 Å². The standard InChI is InChI=1S/C19H20FN5O3S/c1-25(2)15-10-19(23-21-12-15)22-13-4-6-14(7-5-13)24-29(26,27)16-8-9-18(28-3)17(20)11-16/h4-12,24H,1-3H3,(H,22,23). The van der Waals surface area contributed by atoms with Crippen molar-refractivity contribution in [2.75, 3.05) is 36.1 Å². The number of ether oxygens (including phenoxy) is 1. The van der Waals surface area contributed by atoms with E-state index in [9.17, 15) is 12.8 Å². The summed E-state index contributed by atoms with van der Waals surface area (Å²) in [6.45, 7) is 0. The second kappa shape index (κ2) is 8.31. The third-order valence-corrected chi connectivity index (χ3v) is 5.38. The Kier molecular flexibility index (Phi) is 5.83. The summed E-state index contributed by atoms with van der Waals surface area (Å²) in [4.78, 5) is 1.70. The van der Waals surface area contributed by atoms with E-state index in [0.717, 1.165) is 11.8 Å². The first-order valence-corrected chi connectivity index (χ1v) is 10.0. The molecule has 1 heterocycles. The summed E-state index contributed by atoms with van der Waals surface area (Å²) < 4.78 is 46.0. The van der Waals surface area contributed by atoms with Gasteiger partial charge in [0.05, 0.1) is 23.9 Å². The van der Waals surface area contributed by atoms with Crippen molar-refractivity contribution >= 4 is 32.9 Å². The molecular weight excluding hydrogens is 397 g/mol. The van der Waals surface area contributed by atoms with Gasteiger partial charge in [-0.1, -0.05) is 0 Å². The molecule has 1 aromatic heterocycles. The molecule has 0 atom stereocenters. The fourth-order valence-electron chi connectivity index (χ4n) is 2.46. The van der Waals surface area contributed by atoms with E-state index < -0.39 is 15.8 Å². The lowest BCUT2D eigenvalue weighted by atomic mass is 10.3. The summed E-state index contributed by atoms with van der Waals surface area (Å²) in [5, 5.41) is 11.1. The number of halogens is 1. The van der Waals surface area contributed by atoms with Gasteiger partial charge in [0.2, 0.25) is 0 Å². The second-order valence-corrected chi connectivity index (χ2v) is 7.98. The van der Waals surface area contributed by atoms with Crippen molar-refractivity contribution in [3.05, 3.63) is 60.5 Å². The number of anilines is 4. The molecule has 0 saturated heterocycles. The van der Waals surface area contributed by atoms with Gasteiger partial charge < -0.3 is 15.0 Å². The third kappa shape index (κ3) is 4.91. The highest BCUT2D eigenvalue weighted by molar-refractivity contribution is 7.92. The van der Waals surface area contributed by atoms with Gasteiger partial charge in [0.15, 0.2) is 17.4 Å². The van der Waals surface area contributed by atoms with E-state index >= 15 is 0 Å². The molecule has 0 aliphatic carbocycles. The first-order chi connectivity index (χ1) is 13.8. The van der Waals surface area contributed by atoms with Gasteiger partial charge in [0.1, 0.15) is 0 Å². The van der Waals surface area contributed by atoms with E-state index in [-0.39, 0.29) is 10.6 Å². The summed E-state index contributed by atoms with van der Waals surface area (Å²) >= 11 is 0. The number of aromatic nitrogens is 2. The monoisotopic (exact) mass is 417 g/mol. The first-order valence-electron chi connectivity index (χ1n) is 8.52. The van der Waals surface area contributed by atoms with Gasteiger partial charge in [-0.3, -0.25) is 4.72 Å². The lowest BCUT2D eigenvalue weighted by molar-refractivity contribution is 0.385. The highest BCUT2D eigenvalue weighted by Crippen LogP contribution is 2.24. The average molecular weight is 417 g/mol. The maximum Gasteiger partial charge on any atom is 0.262 e. The normalized spacial score (nSPS) is 11.0. The molecule has 0 radical (unpaired) electrons. The molecule has 2 aromatic carbocycles. The van der Waals surface area contributed by atoms with Crippen molar-refractivity contribution in [3.8, 4) is 5.75 Å². The number of methoxy groups -OCH3 is 1. The van der Waals surface area contributed by atoms with Crippen LogP contribution in [0.25, 0.3) is 0 Å². The molecule has 0 aliphatic heterocycles. The summed E-state index contributed by atoms with van der Waals surface area (Å²) in [6.07, 6.45) is 1.64. The van der Waals surface area contributed by atoms with Gasteiger partial charge in [-0.2, -0.15) is 5.10 Å².